The Morgan fingerprint density at radius 3 is 2.79 bits per heavy atom. The summed E-state index contributed by atoms with van der Waals surface area (Å²) in [5, 5.41) is 13.1. The number of hydrogen-bond acceptors (Lipinski definition) is 3. The first-order valence-corrected chi connectivity index (χ1v) is 6.81. The number of nitrogens with one attached hydrogen (secondary N) is 1. The van der Waals surface area contributed by atoms with E-state index in [-0.39, 0.29) is 23.3 Å². The van der Waals surface area contributed by atoms with E-state index in [0.717, 1.165) is 6.42 Å². The van der Waals surface area contributed by atoms with E-state index < -0.39 is 5.60 Å². The van der Waals surface area contributed by atoms with Crippen LogP contribution in [0.4, 0.5) is 0 Å². The van der Waals surface area contributed by atoms with Crippen molar-refractivity contribution in [1.29, 1.82) is 0 Å². The zero-order valence-electron chi connectivity index (χ0n) is 11.6. The summed E-state index contributed by atoms with van der Waals surface area (Å²) in [5.41, 5.74) is -0.648. The Hall–Kier alpha value is -1.13. The average Bonchev–Trinajstić information content (AvgIpc) is 2.34. The summed E-state index contributed by atoms with van der Waals surface area (Å²) >= 11 is 5.72. The summed E-state index contributed by atoms with van der Waals surface area (Å²) < 4.78 is 0. The van der Waals surface area contributed by atoms with E-state index >= 15 is 0 Å². The molecule has 19 heavy (non-hydrogen) atoms. The van der Waals surface area contributed by atoms with Crippen molar-refractivity contribution in [1.82, 2.24) is 10.3 Å². The number of carbonyl (C=O) groups is 1. The number of nitrogens with zero attached hydrogens (tertiary/aromatic N) is 1. The van der Waals surface area contributed by atoms with Gasteiger partial charge in [0.1, 0.15) is 10.8 Å². The van der Waals surface area contributed by atoms with Crippen molar-refractivity contribution in [3.63, 3.8) is 0 Å². The lowest BCUT2D eigenvalue weighted by Crippen LogP contribution is -2.41. The van der Waals surface area contributed by atoms with Crippen molar-refractivity contribution in [2.45, 2.75) is 39.2 Å². The molecule has 0 aromatic carbocycles. The molecule has 0 fully saturated rings. The largest absolute Gasteiger partial charge is 0.388 e. The second kappa shape index (κ2) is 6.87. The number of carbonyl (C=O) groups excluding carboxylic acids is 1. The highest BCUT2D eigenvalue weighted by atomic mass is 35.5. The standard InChI is InChI=1S/C14H21ClN2O2/c1-10(2)7-8-14(3,19)9-16-13(18)11-5-4-6-12(15)17-11/h4-6,10,19H,7-9H2,1-3H3,(H,16,18). The van der Waals surface area contributed by atoms with Crippen molar-refractivity contribution in [2.75, 3.05) is 6.54 Å². The predicted molar refractivity (Wildman–Crippen MR) is 76.3 cm³/mol. The van der Waals surface area contributed by atoms with Gasteiger partial charge in [-0.05, 0) is 37.8 Å². The molecule has 5 heteroatoms. The molecule has 0 saturated carbocycles. The van der Waals surface area contributed by atoms with Crippen LogP contribution in [0, 0.1) is 5.92 Å². The van der Waals surface area contributed by atoms with Gasteiger partial charge in [0, 0.05) is 6.54 Å². The molecule has 2 N–H and O–H groups in total. The third-order valence-corrected chi connectivity index (χ3v) is 3.05. The molecule has 0 aliphatic rings. The van der Waals surface area contributed by atoms with E-state index in [1.165, 1.54) is 0 Å². The molecule has 0 radical (unpaired) electrons. The van der Waals surface area contributed by atoms with Gasteiger partial charge in [0.25, 0.3) is 5.91 Å². The Morgan fingerprint density at radius 2 is 2.21 bits per heavy atom. The molecule has 1 aromatic heterocycles. The molecular formula is C14H21ClN2O2. The van der Waals surface area contributed by atoms with Crippen molar-refractivity contribution in [2.24, 2.45) is 5.92 Å². The van der Waals surface area contributed by atoms with E-state index in [0.29, 0.717) is 12.3 Å². The zero-order chi connectivity index (χ0) is 14.5. The molecule has 1 amide bonds. The van der Waals surface area contributed by atoms with E-state index in [2.05, 4.69) is 24.1 Å². The second-order valence-electron chi connectivity index (χ2n) is 5.46. The SMILES string of the molecule is CC(C)CCC(C)(O)CNC(=O)c1cccc(Cl)n1. The number of amides is 1. The van der Waals surface area contributed by atoms with Gasteiger partial charge in [-0.25, -0.2) is 4.98 Å². The Balaban J connectivity index is 2.49. The van der Waals surface area contributed by atoms with Gasteiger partial charge < -0.3 is 10.4 Å². The lowest BCUT2D eigenvalue weighted by molar-refractivity contribution is 0.0428. The van der Waals surface area contributed by atoms with E-state index in [1.54, 1.807) is 25.1 Å². The molecule has 1 heterocycles. The highest BCUT2D eigenvalue weighted by Gasteiger charge is 2.22. The molecule has 1 unspecified atom stereocenters. The van der Waals surface area contributed by atoms with E-state index in [1.807, 2.05) is 0 Å². The minimum atomic E-state index is -0.904. The van der Waals surface area contributed by atoms with E-state index in [4.69, 9.17) is 11.6 Å². The van der Waals surface area contributed by atoms with Gasteiger partial charge in [-0.2, -0.15) is 0 Å². The third kappa shape index (κ3) is 6.03. The molecule has 1 aromatic rings. The second-order valence-corrected chi connectivity index (χ2v) is 5.84. The van der Waals surface area contributed by atoms with Crippen molar-refractivity contribution in [3.05, 3.63) is 29.0 Å². The number of pyridine rings is 1. The monoisotopic (exact) mass is 284 g/mol. The van der Waals surface area contributed by atoms with Gasteiger partial charge >= 0.3 is 0 Å². The van der Waals surface area contributed by atoms with Crippen LogP contribution in [-0.2, 0) is 0 Å². The number of aliphatic hydroxyl groups is 1. The molecule has 0 aliphatic carbocycles. The first-order chi connectivity index (χ1) is 8.80. The highest BCUT2D eigenvalue weighted by molar-refractivity contribution is 6.29. The van der Waals surface area contributed by atoms with Gasteiger partial charge in [-0.3, -0.25) is 4.79 Å². The molecule has 1 rings (SSSR count). The molecule has 1 atom stereocenters. The van der Waals surface area contributed by atoms with Crippen LogP contribution in [0.15, 0.2) is 18.2 Å². The van der Waals surface area contributed by atoms with Crippen molar-refractivity contribution in [3.8, 4) is 0 Å². The summed E-state index contributed by atoms with van der Waals surface area (Å²) in [4.78, 5) is 15.8. The van der Waals surface area contributed by atoms with Gasteiger partial charge in [0.15, 0.2) is 0 Å². The maximum absolute atomic E-state index is 11.8. The normalized spacial score (nSPS) is 14.2. The van der Waals surface area contributed by atoms with Gasteiger partial charge in [-0.15, -0.1) is 0 Å². The van der Waals surface area contributed by atoms with Crippen LogP contribution in [0.5, 0.6) is 0 Å². The Labute approximate surface area is 119 Å². The first kappa shape index (κ1) is 15.9. The smallest absolute Gasteiger partial charge is 0.270 e. The number of hydrogen-bond donors (Lipinski definition) is 2. The molecule has 0 spiro atoms. The number of aromatic nitrogens is 1. The molecule has 0 aliphatic heterocycles. The van der Waals surface area contributed by atoms with Crippen LogP contribution in [0.3, 0.4) is 0 Å². The Bertz CT molecular complexity index is 433. The summed E-state index contributed by atoms with van der Waals surface area (Å²) in [6, 6.07) is 4.86. The minimum Gasteiger partial charge on any atom is -0.388 e. The van der Waals surface area contributed by atoms with Crippen LogP contribution in [0.25, 0.3) is 0 Å². The number of rotatable bonds is 6. The fourth-order valence-electron chi connectivity index (χ4n) is 1.58. The predicted octanol–water partition coefficient (Wildman–Crippen LogP) is 2.65. The fourth-order valence-corrected chi connectivity index (χ4v) is 1.75. The lowest BCUT2D eigenvalue weighted by atomic mass is 9.95. The zero-order valence-corrected chi connectivity index (χ0v) is 12.4. The summed E-state index contributed by atoms with van der Waals surface area (Å²) in [5.74, 6) is 0.198. The third-order valence-electron chi connectivity index (χ3n) is 2.84. The topological polar surface area (TPSA) is 62.2 Å². The van der Waals surface area contributed by atoms with Gasteiger partial charge in [-0.1, -0.05) is 31.5 Å². The summed E-state index contributed by atoms with van der Waals surface area (Å²) in [6.07, 6.45) is 1.56. The Morgan fingerprint density at radius 1 is 1.53 bits per heavy atom. The summed E-state index contributed by atoms with van der Waals surface area (Å²) in [6.45, 7) is 6.13. The van der Waals surface area contributed by atoms with Crippen molar-refractivity contribution < 1.29 is 9.90 Å². The van der Waals surface area contributed by atoms with Gasteiger partial charge in [0.2, 0.25) is 0 Å². The maximum atomic E-state index is 11.8. The first-order valence-electron chi connectivity index (χ1n) is 6.43. The molecular weight excluding hydrogens is 264 g/mol. The molecule has 4 nitrogen and oxygen atoms in total. The van der Waals surface area contributed by atoms with Crippen LogP contribution in [0.2, 0.25) is 5.15 Å². The molecule has 0 saturated heterocycles. The fraction of sp³-hybridized carbons (Fsp3) is 0.571. The lowest BCUT2D eigenvalue weighted by Gasteiger charge is -2.24. The van der Waals surface area contributed by atoms with Crippen LogP contribution < -0.4 is 5.32 Å². The van der Waals surface area contributed by atoms with Crippen LogP contribution in [-0.4, -0.2) is 28.1 Å². The molecule has 0 bridgehead atoms. The van der Waals surface area contributed by atoms with Crippen LogP contribution >= 0.6 is 11.6 Å². The van der Waals surface area contributed by atoms with E-state index in [9.17, 15) is 9.90 Å². The van der Waals surface area contributed by atoms with Crippen LogP contribution in [0.1, 0.15) is 44.1 Å². The van der Waals surface area contributed by atoms with Crippen molar-refractivity contribution >= 4 is 17.5 Å². The maximum Gasteiger partial charge on any atom is 0.270 e. The summed E-state index contributed by atoms with van der Waals surface area (Å²) in [7, 11) is 0. The average molecular weight is 285 g/mol. The minimum absolute atomic E-state index is 0.201. The highest BCUT2D eigenvalue weighted by Crippen LogP contribution is 2.15. The Kier molecular flexibility index (Phi) is 5.76. The number of halogens is 1. The molecule has 106 valence electrons. The van der Waals surface area contributed by atoms with Gasteiger partial charge in [0.05, 0.1) is 5.60 Å². The quantitative estimate of drug-likeness (QED) is 0.790.